The van der Waals surface area contributed by atoms with E-state index in [1.54, 1.807) is 74.5 Å². The Morgan fingerprint density at radius 3 is 2.15 bits per heavy atom. The molecule has 0 aromatic heterocycles. The fraction of sp³-hybridized carbons (Fsp3) is 0.160. The second-order valence-electron chi connectivity index (χ2n) is 7.63. The summed E-state index contributed by atoms with van der Waals surface area (Å²) in [6, 6.07) is 20.6. The van der Waals surface area contributed by atoms with E-state index in [9.17, 15) is 18.0 Å². The van der Waals surface area contributed by atoms with Gasteiger partial charge in [0.1, 0.15) is 12.3 Å². The first-order chi connectivity index (χ1) is 16.1. The molecular formula is C25H25N3O5S. The molecule has 0 aliphatic carbocycles. The number of carbonyl (C=O) groups is 2. The van der Waals surface area contributed by atoms with Crippen molar-refractivity contribution in [1.82, 2.24) is 5.43 Å². The molecule has 0 unspecified atom stereocenters. The van der Waals surface area contributed by atoms with E-state index < -0.39 is 28.4 Å². The number of rotatable bonds is 8. The van der Waals surface area contributed by atoms with Gasteiger partial charge in [0.05, 0.1) is 23.7 Å². The maximum absolute atomic E-state index is 12.4. The van der Waals surface area contributed by atoms with Crippen molar-refractivity contribution < 1.29 is 22.7 Å². The van der Waals surface area contributed by atoms with Gasteiger partial charge in [-0.05, 0) is 66.9 Å². The monoisotopic (exact) mass is 479 g/mol. The van der Waals surface area contributed by atoms with Crippen molar-refractivity contribution in [3.8, 4) is 5.75 Å². The Bertz CT molecular complexity index is 1280. The number of hydrazone groups is 1. The van der Waals surface area contributed by atoms with Crippen LogP contribution < -0.4 is 14.5 Å². The fourth-order valence-corrected chi connectivity index (χ4v) is 4.24. The summed E-state index contributed by atoms with van der Waals surface area (Å²) in [7, 11) is -3.69. The zero-order valence-electron chi connectivity index (χ0n) is 19.1. The highest BCUT2D eigenvalue weighted by Gasteiger charge is 2.23. The second-order valence-corrected chi connectivity index (χ2v) is 9.53. The molecule has 0 bridgehead atoms. The quantitative estimate of drug-likeness (QED) is 0.231. The predicted molar refractivity (Wildman–Crippen MR) is 132 cm³/mol. The van der Waals surface area contributed by atoms with Gasteiger partial charge in [-0.1, -0.05) is 36.4 Å². The van der Waals surface area contributed by atoms with Gasteiger partial charge in [0, 0.05) is 0 Å². The smallest absolute Gasteiger partial charge is 0.343 e. The first-order valence-corrected chi connectivity index (χ1v) is 12.2. The molecule has 0 atom stereocenters. The maximum Gasteiger partial charge on any atom is 0.343 e. The average Bonchev–Trinajstić information content (AvgIpc) is 2.79. The minimum absolute atomic E-state index is 0.368. The van der Waals surface area contributed by atoms with Crippen LogP contribution in [0.25, 0.3) is 0 Å². The molecule has 0 saturated heterocycles. The molecule has 3 aromatic carbocycles. The summed E-state index contributed by atoms with van der Waals surface area (Å²) in [6.07, 6.45) is 2.46. The van der Waals surface area contributed by atoms with Gasteiger partial charge in [-0.3, -0.25) is 9.10 Å². The normalized spacial score (nSPS) is 11.3. The van der Waals surface area contributed by atoms with Crippen molar-refractivity contribution in [2.24, 2.45) is 5.10 Å². The van der Waals surface area contributed by atoms with E-state index in [2.05, 4.69) is 10.5 Å². The van der Waals surface area contributed by atoms with Crippen LogP contribution in [-0.4, -0.2) is 39.3 Å². The van der Waals surface area contributed by atoms with Crippen molar-refractivity contribution in [1.29, 1.82) is 0 Å². The van der Waals surface area contributed by atoms with E-state index in [1.807, 2.05) is 12.1 Å². The van der Waals surface area contributed by atoms with Crippen LogP contribution >= 0.6 is 0 Å². The number of esters is 1. The highest BCUT2D eigenvalue weighted by molar-refractivity contribution is 7.92. The molecule has 176 valence electrons. The van der Waals surface area contributed by atoms with Crippen molar-refractivity contribution in [3.05, 3.63) is 95.1 Å². The predicted octanol–water partition coefficient (Wildman–Crippen LogP) is 3.44. The second kappa shape index (κ2) is 10.8. The lowest BCUT2D eigenvalue weighted by atomic mass is 10.1. The van der Waals surface area contributed by atoms with Crippen LogP contribution in [0.4, 0.5) is 5.69 Å². The lowest BCUT2D eigenvalue weighted by Crippen LogP contribution is -2.39. The van der Waals surface area contributed by atoms with Crippen LogP contribution in [0.2, 0.25) is 0 Å². The summed E-state index contributed by atoms with van der Waals surface area (Å²) in [5.41, 5.74) is 5.41. The van der Waals surface area contributed by atoms with E-state index >= 15 is 0 Å². The van der Waals surface area contributed by atoms with E-state index in [0.717, 1.165) is 21.7 Å². The first-order valence-electron chi connectivity index (χ1n) is 10.4. The molecule has 0 heterocycles. The van der Waals surface area contributed by atoms with Gasteiger partial charge >= 0.3 is 5.97 Å². The number of nitrogens with zero attached hydrogens (tertiary/aromatic N) is 2. The molecule has 0 radical (unpaired) electrons. The number of nitrogens with one attached hydrogen (secondary N) is 1. The third-order valence-corrected chi connectivity index (χ3v) is 5.99. The van der Waals surface area contributed by atoms with Gasteiger partial charge in [-0.15, -0.1) is 0 Å². The van der Waals surface area contributed by atoms with Crippen molar-refractivity contribution >= 4 is 33.8 Å². The minimum Gasteiger partial charge on any atom is -0.423 e. The first kappa shape index (κ1) is 24.7. The van der Waals surface area contributed by atoms with Gasteiger partial charge in [-0.2, -0.15) is 5.10 Å². The Hall–Kier alpha value is -3.98. The molecular weight excluding hydrogens is 454 g/mol. The molecule has 0 saturated carbocycles. The SMILES string of the molecule is Cc1cccc(C)c1N(CC(=O)N/N=C\c1ccc(OC(=O)c2ccccc2)cc1)S(C)(=O)=O. The Labute approximate surface area is 198 Å². The van der Waals surface area contributed by atoms with Crippen molar-refractivity contribution in [3.63, 3.8) is 0 Å². The summed E-state index contributed by atoms with van der Waals surface area (Å²) in [5, 5.41) is 3.90. The van der Waals surface area contributed by atoms with Crippen LogP contribution in [0.15, 0.2) is 77.9 Å². The summed E-state index contributed by atoms with van der Waals surface area (Å²) in [4.78, 5) is 24.5. The largest absolute Gasteiger partial charge is 0.423 e. The van der Waals surface area contributed by atoms with Crippen molar-refractivity contribution in [2.75, 3.05) is 17.1 Å². The Morgan fingerprint density at radius 1 is 0.941 bits per heavy atom. The molecule has 9 heteroatoms. The van der Waals surface area contributed by atoms with E-state index in [-0.39, 0.29) is 0 Å². The fourth-order valence-electron chi connectivity index (χ4n) is 3.27. The zero-order valence-corrected chi connectivity index (χ0v) is 19.9. The van der Waals surface area contributed by atoms with Gasteiger partial charge in [-0.25, -0.2) is 18.6 Å². The summed E-state index contributed by atoms with van der Waals surface area (Å²) >= 11 is 0. The van der Waals surface area contributed by atoms with Crippen LogP contribution in [0, 0.1) is 13.8 Å². The standard InChI is InChI=1S/C25H25N3O5S/c1-18-8-7-9-19(2)24(18)28(34(3,31)32)17-23(29)27-26-16-20-12-14-22(15-13-20)33-25(30)21-10-5-4-6-11-21/h4-16H,17H2,1-3H3,(H,27,29)/b26-16-. The molecule has 0 spiro atoms. The minimum atomic E-state index is -3.69. The molecule has 1 amide bonds. The van der Waals surface area contributed by atoms with E-state index in [4.69, 9.17) is 4.74 Å². The molecule has 0 aliphatic rings. The number of hydrogen-bond donors (Lipinski definition) is 1. The number of para-hydroxylation sites is 1. The van der Waals surface area contributed by atoms with Crippen LogP contribution in [0.5, 0.6) is 5.75 Å². The maximum atomic E-state index is 12.4. The number of benzene rings is 3. The number of aryl methyl sites for hydroxylation is 2. The summed E-state index contributed by atoms with van der Waals surface area (Å²) in [5.74, 6) is -0.682. The number of ether oxygens (including phenoxy) is 1. The lowest BCUT2D eigenvalue weighted by molar-refractivity contribution is -0.119. The lowest BCUT2D eigenvalue weighted by Gasteiger charge is -2.25. The van der Waals surface area contributed by atoms with E-state index in [0.29, 0.717) is 22.6 Å². The topological polar surface area (TPSA) is 105 Å². The number of carbonyl (C=O) groups excluding carboxylic acids is 2. The van der Waals surface area contributed by atoms with E-state index in [1.165, 1.54) is 6.21 Å². The number of sulfonamides is 1. The third kappa shape index (κ3) is 6.52. The number of anilines is 1. The third-order valence-electron chi connectivity index (χ3n) is 4.88. The number of amides is 1. The molecule has 34 heavy (non-hydrogen) atoms. The summed E-state index contributed by atoms with van der Waals surface area (Å²) < 4.78 is 31.1. The van der Waals surface area contributed by atoms with Gasteiger partial charge in [0.15, 0.2) is 0 Å². The summed E-state index contributed by atoms with van der Waals surface area (Å²) in [6.45, 7) is 3.17. The molecule has 0 aliphatic heterocycles. The molecule has 8 nitrogen and oxygen atoms in total. The molecule has 3 aromatic rings. The van der Waals surface area contributed by atoms with Gasteiger partial charge < -0.3 is 4.74 Å². The zero-order chi connectivity index (χ0) is 24.7. The Balaban J connectivity index is 1.61. The molecule has 3 rings (SSSR count). The number of hydrogen-bond acceptors (Lipinski definition) is 6. The Morgan fingerprint density at radius 2 is 1.56 bits per heavy atom. The van der Waals surface area contributed by atoms with Crippen molar-refractivity contribution in [2.45, 2.75) is 13.8 Å². The molecule has 0 fully saturated rings. The van der Waals surface area contributed by atoms with Gasteiger partial charge in [0.2, 0.25) is 10.0 Å². The van der Waals surface area contributed by atoms with Crippen LogP contribution in [0.1, 0.15) is 27.0 Å². The van der Waals surface area contributed by atoms with Crippen LogP contribution in [0.3, 0.4) is 0 Å². The van der Waals surface area contributed by atoms with Crippen LogP contribution in [-0.2, 0) is 14.8 Å². The van der Waals surface area contributed by atoms with Gasteiger partial charge in [0.25, 0.3) is 5.91 Å². The average molecular weight is 480 g/mol. The molecule has 1 N–H and O–H groups in total. The highest BCUT2D eigenvalue weighted by atomic mass is 32.2. The Kier molecular flexibility index (Phi) is 7.80. The highest BCUT2D eigenvalue weighted by Crippen LogP contribution is 2.26.